The number of anilines is 6. The predicted octanol–water partition coefficient (Wildman–Crippen LogP) is 23.4. The van der Waals surface area contributed by atoms with Crippen LogP contribution in [0.15, 0.2) is 291 Å². The van der Waals surface area contributed by atoms with E-state index in [-0.39, 0.29) is 11.8 Å². The molecule has 13 aromatic carbocycles. The summed E-state index contributed by atoms with van der Waals surface area (Å²) < 4.78 is 14.1. The third kappa shape index (κ3) is 7.38. The summed E-state index contributed by atoms with van der Waals surface area (Å²) in [7, 11) is 0. The summed E-state index contributed by atoms with van der Waals surface area (Å²) in [4.78, 5) is 14.3. The number of fused-ring (bicyclic) bond motifs is 21. The lowest BCUT2D eigenvalue weighted by atomic mass is 9.60. The molecule has 0 aromatic heterocycles. The topological polar surface area (TPSA) is 33.7 Å². The van der Waals surface area contributed by atoms with Gasteiger partial charge >= 0.3 is 0 Å². The van der Waals surface area contributed by atoms with E-state index in [0.29, 0.717) is 17.1 Å². The first-order chi connectivity index (χ1) is 46.0. The van der Waals surface area contributed by atoms with Gasteiger partial charge in [0.15, 0.2) is 0 Å². The normalized spacial score (nSPS) is 16.3. The Labute approximate surface area is 540 Å². The maximum Gasteiger partial charge on any atom is 0.220 e. The van der Waals surface area contributed by atoms with Crippen LogP contribution in [0.3, 0.4) is 0 Å². The second-order valence-electron chi connectivity index (χ2n) is 25.4. The molecule has 93 heavy (non-hydrogen) atoms. The molecule has 0 radical (unpaired) electrons. The molecule has 13 aromatic rings. The number of ether oxygens (including phenoxy) is 2. The highest BCUT2D eigenvalue weighted by atomic mass is 16.5. The molecular formula is C87H56N4O2. The Hall–Kier alpha value is -12.0. The molecule has 4 aliphatic heterocycles. The molecular weight excluding hydrogens is 1130 g/mol. The van der Waals surface area contributed by atoms with Gasteiger partial charge in [-0.15, -0.1) is 0 Å². The van der Waals surface area contributed by atoms with Crippen molar-refractivity contribution in [2.24, 2.45) is 0 Å². The predicted molar refractivity (Wildman–Crippen MR) is 373 cm³/mol. The minimum absolute atomic E-state index is 0.115. The quantitative estimate of drug-likeness (QED) is 0.155. The second kappa shape index (κ2) is 20.3. The van der Waals surface area contributed by atoms with E-state index in [0.717, 1.165) is 171 Å². The van der Waals surface area contributed by atoms with Crippen molar-refractivity contribution in [3.8, 4) is 67.5 Å². The van der Waals surface area contributed by atoms with Crippen LogP contribution in [0.25, 0.3) is 54.2 Å². The lowest BCUT2D eigenvalue weighted by Gasteiger charge is -2.51. The maximum absolute atomic E-state index is 9.86. The maximum atomic E-state index is 9.86. The van der Waals surface area contributed by atoms with Crippen LogP contribution >= 0.6 is 0 Å². The highest BCUT2D eigenvalue weighted by molar-refractivity contribution is 6.10. The van der Waals surface area contributed by atoms with Gasteiger partial charge in [0, 0.05) is 33.6 Å². The summed E-state index contributed by atoms with van der Waals surface area (Å²) >= 11 is 0. The average molecular weight is 1190 g/mol. The van der Waals surface area contributed by atoms with Crippen LogP contribution in [0.4, 0.5) is 45.5 Å². The second-order valence-corrected chi connectivity index (χ2v) is 25.4. The van der Waals surface area contributed by atoms with E-state index in [1.807, 2.05) is 0 Å². The van der Waals surface area contributed by atoms with Crippen LogP contribution in [0.5, 0.6) is 23.0 Å². The first-order valence-electron chi connectivity index (χ1n) is 32.2. The van der Waals surface area contributed by atoms with Crippen LogP contribution in [-0.4, -0.2) is 0 Å². The molecule has 6 heteroatoms. The van der Waals surface area contributed by atoms with Crippen molar-refractivity contribution < 1.29 is 9.47 Å². The van der Waals surface area contributed by atoms with Crippen molar-refractivity contribution in [3.05, 3.63) is 370 Å². The Balaban J connectivity index is 0.998. The smallest absolute Gasteiger partial charge is 0.220 e. The summed E-state index contributed by atoms with van der Waals surface area (Å²) in [6.45, 7) is 19.3. The number of rotatable bonds is 6. The third-order valence-electron chi connectivity index (χ3n) is 21.0. The van der Waals surface area contributed by atoms with Crippen LogP contribution in [-0.2, 0) is 10.8 Å². The summed E-state index contributed by atoms with van der Waals surface area (Å²) in [5, 5.41) is 0. The fourth-order valence-corrected chi connectivity index (χ4v) is 17.3. The fraction of sp³-hybridized carbons (Fsp3) is 0.0805. The van der Waals surface area contributed by atoms with E-state index in [1.54, 1.807) is 0 Å². The Morgan fingerprint density at radius 2 is 0.581 bits per heavy atom. The largest absolute Gasteiger partial charge is 0.457 e. The van der Waals surface area contributed by atoms with E-state index >= 15 is 0 Å². The molecule has 2 aliphatic carbocycles. The molecule has 1 fully saturated rings. The number of para-hydroxylation sites is 4. The standard InChI is InChI=1S/C87H56N4O2/c1-88-82-80-62-39-40-63(49-62)81(80)84(90-72-45-41-58(54-23-7-3-8-24-54)50-68(72)86(69-51-59(42-46-73(69)90)55-25-9-4-10-26-55)64-31-15-19-35-76(64)92-77-36-20-16-32-65(77)86)85(83(82)89-2)91-74-47-43-60(56-27-11-5-12-28-56)52-70(74)87(71-53-61(44-48-75(71)91)57-29-13-6-14-30-57)66-33-17-21-37-78(66)93-79-38-22-18-34-67(79)87/h3-38,41-48,50-53,62-63H,39-40,49H2. The third-order valence-corrected chi connectivity index (χ3v) is 21.0. The first kappa shape index (κ1) is 52.9. The molecule has 0 N–H and O–H groups in total. The molecule has 2 unspecified atom stereocenters. The van der Waals surface area contributed by atoms with Crippen molar-refractivity contribution in [2.75, 3.05) is 9.80 Å². The first-order valence-corrected chi connectivity index (χ1v) is 32.2. The van der Waals surface area contributed by atoms with Crippen molar-refractivity contribution in [2.45, 2.75) is 41.9 Å². The summed E-state index contributed by atoms with van der Waals surface area (Å²) in [6, 6.07) is 105. The minimum Gasteiger partial charge on any atom is -0.457 e. The molecule has 2 bridgehead atoms. The van der Waals surface area contributed by atoms with Gasteiger partial charge in [-0.1, -0.05) is 218 Å². The summed E-state index contributed by atoms with van der Waals surface area (Å²) in [6.07, 6.45) is 2.84. The van der Waals surface area contributed by atoms with Gasteiger partial charge in [0.05, 0.1) is 46.7 Å². The summed E-state index contributed by atoms with van der Waals surface area (Å²) in [5.41, 5.74) is 23.5. The SMILES string of the molecule is [C-]#[N+]c1c([N+]#[C-])c(N2c3ccc(-c4ccccc4)cc3C3(c4ccccc4Oc4ccccc43)c3cc(-c4ccccc4)ccc32)c(N2c3ccc(-c4ccccc4)cc3C3(c4ccccc4Oc4ccccc43)c3cc(-c4ccccc4)ccc32)c2c1C1CCC2C1. The Morgan fingerprint density at radius 1 is 0.290 bits per heavy atom. The highest BCUT2D eigenvalue weighted by Crippen LogP contribution is 2.72. The van der Waals surface area contributed by atoms with E-state index < -0.39 is 10.8 Å². The Kier molecular flexibility index (Phi) is 11.5. The molecule has 0 saturated heterocycles. The van der Waals surface area contributed by atoms with Gasteiger partial charge in [-0.3, -0.25) is 0 Å². The molecule has 1 saturated carbocycles. The van der Waals surface area contributed by atoms with Gasteiger partial charge in [-0.05, 0) is 182 Å². The van der Waals surface area contributed by atoms with Gasteiger partial charge < -0.3 is 19.3 Å². The van der Waals surface area contributed by atoms with Crippen molar-refractivity contribution in [3.63, 3.8) is 0 Å². The van der Waals surface area contributed by atoms with Gasteiger partial charge in [0.2, 0.25) is 11.4 Å². The minimum atomic E-state index is -0.971. The molecule has 4 heterocycles. The zero-order valence-electron chi connectivity index (χ0n) is 50.6. The molecule has 6 nitrogen and oxygen atoms in total. The lowest BCUT2D eigenvalue weighted by molar-refractivity contribution is 0.433. The molecule has 2 atom stereocenters. The van der Waals surface area contributed by atoms with E-state index in [2.05, 4.69) is 306 Å². The fourth-order valence-electron chi connectivity index (χ4n) is 17.3. The molecule has 6 aliphatic rings. The number of hydrogen-bond donors (Lipinski definition) is 0. The number of hydrogen-bond acceptors (Lipinski definition) is 4. The number of benzene rings is 13. The van der Waals surface area contributed by atoms with Gasteiger partial charge in [-0.2, -0.15) is 0 Å². The van der Waals surface area contributed by atoms with Crippen molar-refractivity contribution in [1.82, 2.24) is 0 Å². The molecule has 436 valence electrons. The highest BCUT2D eigenvalue weighted by Gasteiger charge is 2.56. The van der Waals surface area contributed by atoms with Crippen molar-refractivity contribution in [1.29, 1.82) is 0 Å². The van der Waals surface area contributed by atoms with Crippen LogP contribution in [0.2, 0.25) is 0 Å². The Morgan fingerprint density at radius 3 is 0.903 bits per heavy atom. The van der Waals surface area contributed by atoms with Crippen LogP contribution in [0, 0.1) is 13.1 Å². The number of nitrogens with zero attached hydrogens (tertiary/aromatic N) is 4. The average Bonchev–Trinajstić information content (AvgIpc) is 1.20. The lowest BCUT2D eigenvalue weighted by Crippen LogP contribution is -2.41. The molecule has 0 amide bonds. The van der Waals surface area contributed by atoms with Gasteiger partial charge in [0.1, 0.15) is 23.0 Å². The van der Waals surface area contributed by atoms with E-state index in [1.165, 1.54) is 0 Å². The molecule has 2 spiro atoms. The zero-order valence-corrected chi connectivity index (χ0v) is 50.6. The van der Waals surface area contributed by atoms with Crippen LogP contribution < -0.4 is 19.3 Å². The summed E-state index contributed by atoms with van der Waals surface area (Å²) in [5.74, 6) is 3.38. The zero-order chi connectivity index (χ0) is 61.5. The van der Waals surface area contributed by atoms with E-state index in [4.69, 9.17) is 14.3 Å². The van der Waals surface area contributed by atoms with Gasteiger partial charge in [0.25, 0.3) is 0 Å². The van der Waals surface area contributed by atoms with Gasteiger partial charge in [-0.25, -0.2) is 9.69 Å². The Bertz CT molecular complexity index is 5100. The monoisotopic (exact) mass is 1190 g/mol. The van der Waals surface area contributed by atoms with Crippen LogP contribution in [0.1, 0.15) is 86.7 Å². The van der Waals surface area contributed by atoms with Crippen molar-refractivity contribution >= 4 is 45.5 Å². The molecule has 19 rings (SSSR count). The van der Waals surface area contributed by atoms with E-state index in [9.17, 15) is 13.1 Å².